The number of ether oxygens (including phenoxy) is 1. The first-order chi connectivity index (χ1) is 10.2. The maximum Gasteiger partial charge on any atom is 0.168 e. The molecule has 0 radical (unpaired) electrons. The van der Waals surface area contributed by atoms with Crippen molar-refractivity contribution < 1.29 is 13.5 Å². The number of hydrogen-bond donors (Lipinski definition) is 1. The van der Waals surface area contributed by atoms with Gasteiger partial charge in [-0.1, -0.05) is 26.0 Å². The van der Waals surface area contributed by atoms with Crippen molar-refractivity contribution in [1.82, 2.24) is 5.32 Å². The van der Waals surface area contributed by atoms with Crippen molar-refractivity contribution in [1.29, 1.82) is 0 Å². The molecule has 4 heteroatoms. The zero-order chi connectivity index (χ0) is 15.2. The lowest BCUT2D eigenvalue weighted by atomic mass is 10.0. The molecule has 1 atom stereocenters. The van der Waals surface area contributed by atoms with Gasteiger partial charge in [-0.05, 0) is 36.7 Å². The second kappa shape index (κ2) is 7.27. The minimum absolute atomic E-state index is 0.0445. The fraction of sp³-hybridized carbons (Fsp3) is 0.412. The van der Waals surface area contributed by atoms with Crippen LogP contribution >= 0.6 is 0 Å². The summed E-state index contributed by atoms with van der Waals surface area (Å²) in [5, 5.41) is 3.35. The van der Waals surface area contributed by atoms with Gasteiger partial charge in [0.05, 0.1) is 13.2 Å². The van der Waals surface area contributed by atoms with Gasteiger partial charge in [-0.15, -0.1) is 0 Å². The molecule has 1 N–H and O–H groups in total. The molecule has 0 aliphatic heterocycles. The lowest BCUT2D eigenvalue weighted by Crippen LogP contribution is -2.23. The molecule has 0 fully saturated rings. The molecular weight excluding hydrogens is 269 g/mol. The van der Waals surface area contributed by atoms with E-state index in [9.17, 15) is 4.39 Å². The van der Waals surface area contributed by atoms with Crippen LogP contribution in [-0.4, -0.2) is 13.7 Å². The van der Waals surface area contributed by atoms with Crippen LogP contribution in [0.4, 0.5) is 4.39 Å². The highest BCUT2D eigenvalue weighted by molar-refractivity contribution is 5.32. The topological polar surface area (TPSA) is 34.4 Å². The Labute approximate surface area is 125 Å². The van der Waals surface area contributed by atoms with Gasteiger partial charge in [0.2, 0.25) is 0 Å². The van der Waals surface area contributed by atoms with Crippen molar-refractivity contribution in [2.24, 2.45) is 0 Å². The molecule has 1 aromatic carbocycles. The van der Waals surface area contributed by atoms with Crippen molar-refractivity contribution in [2.45, 2.75) is 32.7 Å². The van der Waals surface area contributed by atoms with Gasteiger partial charge in [0, 0.05) is 6.42 Å². The van der Waals surface area contributed by atoms with Crippen LogP contribution in [0.3, 0.4) is 0 Å². The number of likely N-dealkylation sites (N-methyl/N-ethyl adjacent to an activating group) is 1. The smallest absolute Gasteiger partial charge is 0.168 e. The average molecular weight is 291 g/mol. The number of halogens is 1. The van der Waals surface area contributed by atoms with Crippen LogP contribution < -0.4 is 10.1 Å². The Kier molecular flexibility index (Phi) is 5.39. The first-order valence-corrected chi connectivity index (χ1v) is 7.32. The zero-order valence-corrected chi connectivity index (χ0v) is 12.8. The highest BCUT2D eigenvalue weighted by Crippen LogP contribution is 2.26. The van der Waals surface area contributed by atoms with E-state index in [4.69, 9.17) is 9.15 Å². The predicted octanol–water partition coefficient (Wildman–Crippen LogP) is 3.88. The molecule has 0 bridgehead atoms. The van der Waals surface area contributed by atoms with Crippen LogP contribution in [0.15, 0.2) is 34.7 Å². The Hall–Kier alpha value is -1.81. The Bertz CT molecular complexity index is 580. The zero-order valence-electron chi connectivity index (χ0n) is 12.8. The molecule has 0 saturated carbocycles. The molecule has 0 saturated heterocycles. The summed E-state index contributed by atoms with van der Waals surface area (Å²) < 4.78 is 25.1. The molecule has 114 valence electrons. The molecule has 3 nitrogen and oxygen atoms in total. The van der Waals surface area contributed by atoms with E-state index in [2.05, 4.69) is 5.32 Å². The number of furan rings is 1. The minimum Gasteiger partial charge on any atom is -0.494 e. The van der Waals surface area contributed by atoms with E-state index >= 15 is 0 Å². The molecule has 1 heterocycles. The summed E-state index contributed by atoms with van der Waals surface area (Å²) >= 11 is 0. The molecule has 1 aromatic heterocycles. The Morgan fingerprint density at radius 3 is 2.67 bits per heavy atom. The number of benzene rings is 1. The highest BCUT2D eigenvalue weighted by atomic mass is 19.1. The second-order valence-electron chi connectivity index (χ2n) is 4.91. The number of rotatable bonds is 7. The third-order valence-corrected chi connectivity index (χ3v) is 3.51. The summed E-state index contributed by atoms with van der Waals surface area (Å²) in [5.41, 5.74) is 0.620. The number of methoxy groups -OCH3 is 1. The number of hydrogen-bond acceptors (Lipinski definition) is 3. The van der Waals surface area contributed by atoms with Gasteiger partial charge in [0.1, 0.15) is 11.5 Å². The van der Waals surface area contributed by atoms with Gasteiger partial charge in [0.25, 0.3) is 0 Å². The van der Waals surface area contributed by atoms with E-state index in [0.717, 1.165) is 24.5 Å². The molecule has 0 amide bonds. The van der Waals surface area contributed by atoms with Crippen LogP contribution in [0.25, 0.3) is 0 Å². The number of aryl methyl sites for hydroxylation is 1. The van der Waals surface area contributed by atoms with E-state index in [1.165, 1.54) is 7.11 Å². The van der Waals surface area contributed by atoms with E-state index in [1.54, 1.807) is 18.2 Å². The monoisotopic (exact) mass is 291 g/mol. The molecule has 1 unspecified atom stereocenters. The normalized spacial score (nSPS) is 12.4. The first kappa shape index (κ1) is 15.6. The largest absolute Gasteiger partial charge is 0.494 e. The Morgan fingerprint density at radius 2 is 2.05 bits per heavy atom. The maximum atomic E-state index is 14.3. The first-order valence-electron chi connectivity index (χ1n) is 7.32. The van der Waals surface area contributed by atoms with E-state index in [-0.39, 0.29) is 17.6 Å². The standard InChI is InChI=1S/C17H22FNO2/c1-4-13-9-10-15(21-13)14(19-5-2)11-12-7-6-8-16(20-3)17(12)18/h6-10,14,19H,4-5,11H2,1-3H3. The third kappa shape index (κ3) is 3.64. The SMILES string of the molecule is CCNC(Cc1cccc(OC)c1F)c1ccc(CC)o1. The lowest BCUT2D eigenvalue weighted by Gasteiger charge is -2.17. The fourth-order valence-electron chi connectivity index (χ4n) is 2.38. The predicted molar refractivity (Wildman–Crippen MR) is 81.2 cm³/mol. The van der Waals surface area contributed by atoms with Gasteiger partial charge >= 0.3 is 0 Å². The van der Waals surface area contributed by atoms with Gasteiger partial charge < -0.3 is 14.5 Å². The average Bonchev–Trinajstić information content (AvgIpc) is 2.97. The van der Waals surface area contributed by atoms with Gasteiger partial charge in [-0.2, -0.15) is 0 Å². The minimum atomic E-state index is -0.301. The van der Waals surface area contributed by atoms with E-state index < -0.39 is 0 Å². The molecule has 0 aliphatic carbocycles. The van der Waals surface area contributed by atoms with E-state index in [1.807, 2.05) is 26.0 Å². The Balaban J connectivity index is 2.23. The van der Waals surface area contributed by atoms with Crippen LogP contribution in [0.2, 0.25) is 0 Å². The maximum absolute atomic E-state index is 14.3. The Morgan fingerprint density at radius 1 is 1.24 bits per heavy atom. The van der Waals surface area contributed by atoms with Crippen molar-refractivity contribution in [3.8, 4) is 5.75 Å². The summed E-state index contributed by atoms with van der Waals surface area (Å²) in [6.07, 6.45) is 1.37. The van der Waals surface area contributed by atoms with Gasteiger partial charge in [-0.25, -0.2) is 4.39 Å². The number of nitrogens with one attached hydrogen (secondary N) is 1. The molecule has 2 rings (SSSR count). The van der Waals surface area contributed by atoms with Gasteiger partial charge in [-0.3, -0.25) is 0 Å². The van der Waals surface area contributed by atoms with Crippen LogP contribution in [0.5, 0.6) is 5.75 Å². The summed E-state index contributed by atoms with van der Waals surface area (Å²) in [7, 11) is 1.48. The van der Waals surface area contributed by atoms with Gasteiger partial charge in [0.15, 0.2) is 11.6 Å². The van der Waals surface area contributed by atoms with Crippen molar-refractivity contribution in [3.05, 3.63) is 53.2 Å². The molecule has 0 spiro atoms. The van der Waals surface area contributed by atoms with Crippen molar-refractivity contribution >= 4 is 0 Å². The molecule has 2 aromatic rings. The summed E-state index contributed by atoms with van der Waals surface area (Å²) in [6, 6.07) is 9.11. The molecular formula is C17H22FNO2. The highest BCUT2D eigenvalue weighted by Gasteiger charge is 2.18. The molecule has 0 aliphatic rings. The van der Waals surface area contributed by atoms with E-state index in [0.29, 0.717) is 12.0 Å². The fourth-order valence-corrected chi connectivity index (χ4v) is 2.38. The summed E-state index contributed by atoms with van der Waals surface area (Å²) in [4.78, 5) is 0. The van der Waals surface area contributed by atoms with Crippen LogP contribution in [-0.2, 0) is 12.8 Å². The van der Waals surface area contributed by atoms with Crippen LogP contribution in [0, 0.1) is 5.82 Å². The molecule has 21 heavy (non-hydrogen) atoms. The van der Waals surface area contributed by atoms with Crippen LogP contribution in [0.1, 0.15) is 37.0 Å². The third-order valence-electron chi connectivity index (χ3n) is 3.51. The summed E-state index contributed by atoms with van der Waals surface area (Å²) in [6.45, 7) is 4.86. The van der Waals surface area contributed by atoms with Crippen molar-refractivity contribution in [3.63, 3.8) is 0 Å². The lowest BCUT2D eigenvalue weighted by molar-refractivity contribution is 0.375. The van der Waals surface area contributed by atoms with Crippen molar-refractivity contribution in [2.75, 3.05) is 13.7 Å². The second-order valence-corrected chi connectivity index (χ2v) is 4.91. The summed E-state index contributed by atoms with van der Waals surface area (Å²) in [5.74, 6) is 1.76. The quantitative estimate of drug-likeness (QED) is 0.840.